The maximum absolute atomic E-state index is 3.15. The van der Waals surface area contributed by atoms with E-state index in [1.807, 2.05) is 0 Å². The Morgan fingerprint density at radius 1 is 1.75 bits per heavy atom. The lowest BCUT2D eigenvalue weighted by Gasteiger charge is -1.99. The first kappa shape index (κ1) is 5.69. The number of hydrogen-bond donors (Lipinski definition) is 0. The van der Waals surface area contributed by atoms with E-state index in [1.54, 1.807) is 0 Å². The summed E-state index contributed by atoms with van der Waals surface area (Å²) in [5.41, 5.74) is 0. The molecule has 0 saturated heterocycles. The first-order valence-corrected chi connectivity index (χ1v) is 3.25. The molecule has 0 amide bonds. The molecule has 0 bridgehead atoms. The second-order valence-corrected chi connectivity index (χ2v) is 2.11. The highest BCUT2D eigenvalue weighted by atomic mass is 14.1. The van der Waals surface area contributed by atoms with Gasteiger partial charge in [0.25, 0.3) is 0 Å². The van der Waals surface area contributed by atoms with Gasteiger partial charge < -0.3 is 0 Å². The summed E-state index contributed by atoms with van der Waals surface area (Å²) in [6.07, 6.45) is 5.81. The summed E-state index contributed by atoms with van der Waals surface area (Å²) in [4.78, 5) is 0. The van der Waals surface area contributed by atoms with Crippen LogP contribution < -0.4 is 0 Å². The standard InChI is InChI=1S/C8H11/c1-2-5-8-6-3-4-7-8/h5,8H,2-3,6H2,1H3. The van der Waals surface area contributed by atoms with Gasteiger partial charge >= 0.3 is 0 Å². The topological polar surface area (TPSA) is 0 Å². The second kappa shape index (κ2) is 2.77. The molecule has 1 atom stereocenters. The molecule has 0 heterocycles. The number of hydrogen-bond acceptors (Lipinski definition) is 0. The van der Waals surface area contributed by atoms with Crippen molar-refractivity contribution in [2.75, 3.05) is 0 Å². The highest BCUT2D eigenvalue weighted by Gasteiger charge is 2.05. The van der Waals surface area contributed by atoms with Crippen molar-refractivity contribution in [3.8, 4) is 11.8 Å². The van der Waals surface area contributed by atoms with Crippen LogP contribution in [0.25, 0.3) is 0 Å². The van der Waals surface area contributed by atoms with Crippen LogP contribution in [0.3, 0.4) is 0 Å². The van der Waals surface area contributed by atoms with Crippen molar-refractivity contribution in [2.24, 2.45) is 5.92 Å². The summed E-state index contributed by atoms with van der Waals surface area (Å²) < 4.78 is 0. The summed E-state index contributed by atoms with van der Waals surface area (Å²) >= 11 is 0. The van der Waals surface area contributed by atoms with E-state index in [4.69, 9.17) is 0 Å². The molecule has 1 rings (SSSR count). The van der Waals surface area contributed by atoms with E-state index in [0.29, 0.717) is 5.92 Å². The van der Waals surface area contributed by atoms with Gasteiger partial charge in [-0.3, -0.25) is 0 Å². The largest absolute Gasteiger partial charge is 0.103 e. The molecule has 0 N–H and O–H groups in total. The zero-order valence-electron chi connectivity index (χ0n) is 5.28. The second-order valence-electron chi connectivity index (χ2n) is 2.11. The molecule has 0 saturated carbocycles. The minimum atomic E-state index is 0.625. The van der Waals surface area contributed by atoms with Crippen molar-refractivity contribution in [3.63, 3.8) is 0 Å². The van der Waals surface area contributed by atoms with Crippen molar-refractivity contribution in [1.29, 1.82) is 0 Å². The third-order valence-corrected chi connectivity index (χ3v) is 1.39. The normalized spacial score (nSPS) is 24.9. The molecular weight excluding hydrogens is 96.1 g/mol. The molecule has 1 aliphatic rings. The van der Waals surface area contributed by atoms with Crippen molar-refractivity contribution in [3.05, 3.63) is 6.42 Å². The fourth-order valence-corrected chi connectivity index (χ4v) is 0.964. The summed E-state index contributed by atoms with van der Waals surface area (Å²) in [6, 6.07) is 0. The van der Waals surface area contributed by atoms with Gasteiger partial charge in [0.15, 0.2) is 0 Å². The Morgan fingerprint density at radius 2 is 2.62 bits per heavy atom. The predicted molar refractivity (Wildman–Crippen MR) is 35.1 cm³/mol. The highest BCUT2D eigenvalue weighted by Crippen LogP contribution is 2.14. The lowest BCUT2D eigenvalue weighted by Crippen LogP contribution is -1.91. The minimum Gasteiger partial charge on any atom is -0.103 e. The molecule has 0 fully saturated rings. The van der Waals surface area contributed by atoms with Crippen molar-refractivity contribution < 1.29 is 0 Å². The van der Waals surface area contributed by atoms with Crippen LogP contribution >= 0.6 is 0 Å². The first-order chi connectivity index (χ1) is 3.93. The van der Waals surface area contributed by atoms with Crippen LogP contribution in [0.2, 0.25) is 0 Å². The minimum absolute atomic E-state index is 0.625. The SMILES string of the molecule is CC[CH]C1C#CCC1. The van der Waals surface area contributed by atoms with Gasteiger partial charge in [-0.25, -0.2) is 0 Å². The Bertz CT molecular complexity index is 114. The van der Waals surface area contributed by atoms with Crippen LogP contribution in [-0.2, 0) is 0 Å². The Hall–Kier alpha value is -0.440. The van der Waals surface area contributed by atoms with E-state index in [9.17, 15) is 0 Å². The van der Waals surface area contributed by atoms with Gasteiger partial charge in [0.05, 0.1) is 0 Å². The van der Waals surface area contributed by atoms with Crippen LogP contribution in [0, 0.1) is 24.2 Å². The van der Waals surface area contributed by atoms with Crippen molar-refractivity contribution in [1.82, 2.24) is 0 Å². The van der Waals surface area contributed by atoms with Crippen molar-refractivity contribution >= 4 is 0 Å². The van der Waals surface area contributed by atoms with Gasteiger partial charge in [0, 0.05) is 12.3 Å². The Morgan fingerprint density at radius 3 is 3.12 bits per heavy atom. The number of rotatable bonds is 2. The van der Waals surface area contributed by atoms with E-state index < -0.39 is 0 Å². The molecule has 0 aromatic rings. The zero-order chi connectivity index (χ0) is 5.82. The highest BCUT2D eigenvalue weighted by molar-refractivity contribution is 5.13. The summed E-state index contributed by atoms with van der Waals surface area (Å²) in [6.45, 7) is 2.17. The smallest absolute Gasteiger partial charge is 0.0243 e. The predicted octanol–water partition coefficient (Wildman–Crippen LogP) is 2.01. The molecule has 1 unspecified atom stereocenters. The van der Waals surface area contributed by atoms with Gasteiger partial charge in [-0.05, 0) is 12.8 Å². The maximum atomic E-state index is 3.15. The van der Waals surface area contributed by atoms with E-state index in [2.05, 4.69) is 25.2 Å². The molecule has 0 heteroatoms. The fourth-order valence-electron chi connectivity index (χ4n) is 0.964. The van der Waals surface area contributed by atoms with Crippen LogP contribution in [0.1, 0.15) is 26.2 Å². The molecule has 0 aromatic heterocycles. The van der Waals surface area contributed by atoms with Gasteiger partial charge in [-0.2, -0.15) is 0 Å². The lowest BCUT2D eigenvalue weighted by atomic mass is 10.0. The van der Waals surface area contributed by atoms with E-state index in [1.165, 1.54) is 12.8 Å². The quantitative estimate of drug-likeness (QED) is 0.473. The fraction of sp³-hybridized carbons (Fsp3) is 0.625. The maximum Gasteiger partial charge on any atom is 0.0243 e. The van der Waals surface area contributed by atoms with Gasteiger partial charge in [0.1, 0.15) is 0 Å². The Labute approximate surface area is 51.3 Å². The average molecular weight is 107 g/mol. The van der Waals surface area contributed by atoms with Gasteiger partial charge in [0.2, 0.25) is 0 Å². The lowest BCUT2D eigenvalue weighted by molar-refractivity contribution is 0.706. The monoisotopic (exact) mass is 107 g/mol. The zero-order valence-corrected chi connectivity index (χ0v) is 5.28. The molecule has 1 radical (unpaired) electrons. The average Bonchev–Trinajstić information content (AvgIpc) is 2.19. The molecule has 0 aromatic carbocycles. The molecule has 0 spiro atoms. The third kappa shape index (κ3) is 1.26. The molecule has 0 nitrogen and oxygen atoms in total. The molecule has 0 aliphatic heterocycles. The van der Waals surface area contributed by atoms with Gasteiger partial charge in [-0.15, -0.1) is 5.92 Å². The van der Waals surface area contributed by atoms with Crippen LogP contribution in [-0.4, -0.2) is 0 Å². The van der Waals surface area contributed by atoms with Crippen molar-refractivity contribution in [2.45, 2.75) is 26.2 Å². The van der Waals surface area contributed by atoms with E-state index in [-0.39, 0.29) is 0 Å². The Kier molecular flexibility index (Phi) is 1.97. The Balaban J connectivity index is 2.20. The molecular formula is C8H11. The summed E-state index contributed by atoms with van der Waals surface area (Å²) in [5, 5.41) is 0. The van der Waals surface area contributed by atoms with E-state index in [0.717, 1.165) is 6.42 Å². The van der Waals surface area contributed by atoms with Crippen LogP contribution in [0.4, 0.5) is 0 Å². The molecule has 43 valence electrons. The van der Waals surface area contributed by atoms with Crippen LogP contribution in [0.15, 0.2) is 0 Å². The molecule has 8 heavy (non-hydrogen) atoms. The summed E-state index contributed by atoms with van der Waals surface area (Å²) in [5.74, 6) is 6.85. The third-order valence-electron chi connectivity index (χ3n) is 1.39. The molecule has 1 aliphatic carbocycles. The first-order valence-electron chi connectivity index (χ1n) is 3.25. The van der Waals surface area contributed by atoms with Gasteiger partial charge in [-0.1, -0.05) is 19.3 Å². The van der Waals surface area contributed by atoms with Crippen LogP contribution in [0.5, 0.6) is 0 Å². The summed E-state index contributed by atoms with van der Waals surface area (Å²) in [7, 11) is 0. The van der Waals surface area contributed by atoms with E-state index >= 15 is 0 Å².